The highest BCUT2D eigenvalue weighted by atomic mass is 35.5. The van der Waals surface area contributed by atoms with Gasteiger partial charge in [-0.3, -0.25) is 9.69 Å². The van der Waals surface area contributed by atoms with Crippen LogP contribution in [0.2, 0.25) is 10.0 Å². The molecule has 1 aliphatic heterocycles. The molecule has 0 radical (unpaired) electrons. The van der Waals surface area contributed by atoms with Crippen molar-refractivity contribution in [3.8, 4) is 0 Å². The molecular formula is C20H22Cl2N2OS. The average molecular weight is 409 g/mol. The van der Waals surface area contributed by atoms with Crippen LogP contribution in [0.25, 0.3) is 0 Å². The summed E-state index contributed by atoms with van der Waals surface area (Å²) in [6, 6.07) is 7.93. The summed E-state index contributed by atoms with van der Waals surface area (Å²) in [5.74, 6) is 0.207. The van der Waals surface area contributed by atoms with E-state index >= 15 is 0 Å². The van der Waals surface area contributed by atoms with Crippen LogP contribution in [0.1, 0.15) is 38.5 Å². The van der Waals surface area contributed by atoms with Crippen LogP contribution < -0.4 is 0 Å². The van der Waals surface area contributed by atoms with Crippen LogP contribution in [0.15, 0.2) is 24.3 Å². The monoisotopic (exact) mass is 408 g/mol. The average Bonchev–Trinajstić information content (AvgIpc) is 3.09. The van der Waals surface area contributed by atoms with Gasteiger partial charge in [0, 0.05) is 37.6 Å². The molecule has 6 heteroatoms. The Hall–Kier alpha value is -1.07. The van der Waals surface area contributed by atoms with Crippen LogP contribution in [0.4, 0.5) is 0 Å². The molecule has 26 heavy (non-hydrogen) atoms. The lowest BCUT2D eigenvalue weighted by molar-refractivity contribution is 0.0633. The molecule has 2 heterocycles. The first-order chi connectivity index (χ1) is 12.6. The lowest BCUT2D eigenvalue weighted by Gasteiger charge is -2.34. The van der Waals surface area contributed by atoms with Crippen LogP contribution in [-0.2, 0) is 19.4 Å². The number of nitrogens with zero attached hydrogens (tertiary/aromatic N) is 2. The zero-order chi connectivity index (χ0) is 18.1. The molecule has 2 aliphatic rings. The van der Waals surface area contributed by atoms with Gasteiger partial charge in [0.25, 0.3) is 5.91 Å². The van der Waals surface area contributed by atoms with Crippen molar-refractivity contribution in [1.29, 1.82) is 0 Å². The van der Waals surface area contributed by atoms with Gasteiger partial charge in [-0.2, -0.15) is 0 Å². The quantitative estimate of drug-likeness (QED) is 0.721. The number of halogens is 2. The van der Waals surface area contributed by atoms with E-state index in [1.807, 2.05) is 23.1 Å². The van der Waals surface area contributed by atoms with Gasteiger partial charge in [0.2, 0.25) is 0 Å². The molecule has 1 amide bonds. The minimum atomic E-state index is 0.207. The molecule has 0 atom stereocenters. The lowest BCUT2D eigenvalue weighted by atomic mass is 9.99. The van der Waals surface area contributed by atoms with Crippen LogP contribution in [-0.4, -0.2) is 41.9 Å². The minimum Gasteiger partial charge on any atom is -0.335 e. The lowest BCUT2D eigenvalue weighted by Crippen LogP contribution is -2.48. The maximum Gasteiger partial charge on any atom is 0.264 e. The number of hydrogen-bond acceptors (Lipinski definition) is 3. The van der Waals surface area contributed by atoms with Gasteiger partial charge in [-0.25, -0.2) is 0 Å². The molecule has 0 spiro atoms. The zero-order valence-corrected chi connectivity index (χ0v) is 17.0. The standard InChI is InChI=1S/C20H22Cl2N2OS/c21-16-6-5-14(11-17(16)22)13-23-7-9-24(10-8-23)20(25)19-12-15-3-1-2-4-18(15)26-19/h5-6,11-12H,1-4,7-10,13H2. The molecular weight excluding hydrogens is 387 g/mol. The third-order valence-corrected chi connectivity index (χ3v) is 7.22. The fourth-order valence-corrected chi connectivity index (χ4v) is 5.30. The zero-order valence-electron chi connectivity index (χ0n) is 14.6. The number of thiophene rings is 1. The van der Waals surface area contributed by atoms with E-state index in [4.69, 9.17) is 23.2 Å². The van der Waals surface area contributed by atoms with E-state index in [9.17, 15) is 4.79 Å². The van der Waals surface area contributed by atoms with Crippen molar-refractivity contribution in [1.82, 2.24) is 9.80 Å². The van der Waals surface area contributed by atoms with Crippen molar-refractivity contribution in [2.75, 3.05) is 26.2 Å². The van der Waals surface area contributed by atoms with Crippen molar-refractivity contribution in [3.63, 3.8) is 0 Å². The van der Waals surface area contributed by atoms with Crippen molar-refractivity contribution >= 4 is 40.4 Å². The Morgan fingerprint density at radius 1 is 1.00 bits per heavy atom. The number of hydrogen-bond donors (Lipinski definition) is 0. The fraction of sp³-hybridized carbons (Fsp3) is 0.450. The maximum atomic E-state index is 12.9. The highest BCUT2D eigenvalue weighted by molar-refractivity contribution is 7.14. The van der Waals surface area contributed by atoms with Crippen LogP contribution in [0, 0.1) is 0 Å². The normalized spacial score (nSPS) is 18.0. The topological polar surface area (TPSA) is 23.6 Å². The van der Waals surface area contributed by atoms with Gasteiger partial charge in [0.05, 0.1) is 14.9 Å². The van der Waals surface area contributed by atoms with E-state index in [2.05, 4.69) is 11.0 Å². The number of fused-ring (bicyclic) bond motifs is 1. The van der Waals surface area contributed by atoms with Crippen LogP contribution in [0.5, 0.6) is 0 Å². The van der Waals surface area contributed by atoms with Crippen molar-refractivity contribution in [3.05, 3.63) is 55.2 Å². The van der Waals surface area contributed by atoms with Gasteiger partial charge in [0.1, 0.15) is 0 Å². The predicted octanol–water partition coefficient (Wildman–Crippen LogP) is 4.89. The maximum absolute atomic E-state index is 12.9. The molecule has 138 valence electrons. The van der Waals surface area contributed by atoms with E-state index in [0.717, 1.165) is 56.0 Å². The molecule has 2 aromatic rings. The fourth-order valence-electron chi connectivity index (χ4n) is 3.76. The molecule has 1 fully saturated rings. The van der Waals surface area contributed by atoms with E-state index in [0.29, 0.717) is 10.0 Å². The first kappa shape index (κ1) is 18.3. The number of carbonyl (C=O) groups is 1. The van der Waals surface area contributed by atoms with Crippen LogP contribution in [0.3, 0.4) is 0 Å². The summed E-state index contributed by atoms with van der Waals surface area (Å²) in [5, 5.41) is 1.18. The van der Waals surface area contributed by atoms with E-state index < -0.39 is 0 Å². The molecule has 4 rings (SSSR count). The van der Waals surface area contributed by atoms with E-state index in [1.165, 1.54) is 23.3 Å². The Labute approximate surface area is 168 Å². The predicted molar refractivity (Wildman–Crippen MR) is 109 cm³/mol. The Morgan fingerprint density at radius 2 is 1.77 bits per heavy atom. The smallest absolute Gasteiger partial charge is 0.264 e. The third-order valence-electron chi connectivity index (χ3n) is 5.26. The second kappa shape index (κ2) is 7.89. The third kappa shape index (κ3) is 3.94. The number of benzene rings is 1. The molecule has 0 unspecified atom stereocenters. The summed E-state index contributed by atoms with van der Waals surface area (Å²) < 4.78 is 0. The number of piperazine rings is 1. The second-order valence-electron chi connectivity index (χ2n) is 7.08. The van der Waals surface area contributed by atoms with E-state index in [1.54, 1.807) is 11.3 Å². The number of rotatable bonds is 3. The van der Waals surface area contributed by atoms with Gasteiger partial charge >= 0.3 is 0 Å². The number of aryl methyl sites for hydroxylation is 2. The Balaban J connectivity index is 1.35. The molecule has 1 aliphatic carbocycles. The minimum absolute atomic E-state index is 0.207. The van der Waals surface area contributed by atoms with Gasteiger partial charge in [-0.05, 0) is 55.0 Å². The summed E-state index contributed by atoms with van der Waals surface area (Å²) in [4.78, 5) is 19.6. The van der Waals surface area contributed by atoms with Gasteiger partial charge in [-0.1, -0.05) is 29.3 Å². The van der Waals surface area contributed by atoms with E-state index in [-0.39, 0.29) is 5.91 Å². The van der Waals surface area contributed by atoms with Crippen molar-refractivity contribution in [2.24, 2.45) is 0 Å². The Bertz CT molecular complexity index is 789. The summed E-state index contributed by atoms with van der Waals surface area (Å²) >= 11 is 13.8. The number of carbonyl (C=O) groups excluding carboxylic acids is 1. The Kier molecular flexibility index (Phi) is 5.55. The molecule has 0 bridgehead atoms. The van der Waals surface area contributed by atoms with Crippen molar-refractivity contribution in [2.45, 2.75) is 32.2 Å². The molecule has 0 saturated carbocycles. The van der Waals surface area contributed by atoms with Crippen LogP contribution >= 0.6 is 34.5 Å². The van der Waals surface area contributed by atoms with Crippen molar-refractivity contribution < 1.29 is 4.79 Å². The summed E-state index contributed by atoms with van der Waals surface area (Å²) in [7, 11) is 0. The second-order valence-corrected chi connectivity index (χ2v) is 9.03. The first-order valence-electron chi connectivity index (χ1n) is 9.17. The number of amides is 1. The SMILES string of the molecule is O=C(c1cc2c(s1)CCCC2)N1CCN(Cc2ccc(Cl)c(Cl)c2)CC1. The first-order valence-corrected chi connectivity index (χ1v) is 10.7. The van der Waals surface area contributed by atoms with Gasteiger partial charge in [-0.15, -0.1) is 11.3 Å². The summed E-state index contributed by atoms with van der Waals surface area (Å²) in [6.07, 6.45) is 4.79. The molecule has 0 N–H and O–H groups in total. The summed E-state index contributed by atoms with van der Waals surface area (Å²) in [6.45, 7) is 4.17. The molecule has 1 saturated heterocycles. The highest BCUT2D eigenvalue weighted by Crippen LogP contribution is 2.30. The molecule has 1 aromatic carbocycles. The molecule has 1 aromatic heterocycles. The largest absolute Gasteiger partial charge is 0.335 e. The molecule has 3 nitrogen and oxygen atoms in total. The van der Waals surface area contributed by atoms with Gasteiger partial charge in [0.15, 0.2) is 0 Å². The summed E-state index contributed by atoms with van der Waals surface area (Å²) in [5.41, 5.74) is 2.56. The highest BCUT2D eigenvalue weighted by Gasteiger charge is 2.25. The Morgan fingerprint density at radius 3 is 2.50 bits per heavy atom. The van der Waals surface area contributed by atoms with Gasteiger partial charge < -0.3 is 4.90 Å².